The first-order valence-electron chi connectivity index (χ1n) is 2.00. The maximum Gasteiger partial charge on any atom is 0.383 e. The third-order valence-corrected chi connectivity index (χ3v) is 0.738. The molecule has 0 aliphatic rings. The summed E-state index contributed by atoms with van der Waals surface area (Å²) >= 11 is 0. The monoisotopic (exact) mass is 137 g/mol. The zero-order chi connectivity index (χ0) is 7.65. The van der Waals surface area contributed by atoms with E-state index in [4.69, 9.17) is 20.5 Å². The second-order valence-electron chi connectivity index (χ2n) is 1.46. The molecule has 0 rings (SSSR count). The first-order valence-corrected chi connectivity index (χ1v) is 2.00. The standard InChI is InChI=1S/C3H7NO5/c1-4(9)3(7,8)2(5)6/h7-9H,1H3,(H,5,6). The van der Waals surface area contributed by atoms with Crippen molar-refractivity contribution in [2.45, 2.75) is 5.91 Å². The predicted octanol–water partition coefficient (Wildman–Crippen LogP) is -1.97. The molecule has 9 heavy (non-hydrogen) atoms. The molecule has 0 saturated heterocycles. The van der Waals surface area contributed by atoms with E-state index in [1.165, 1.54) is 0 Å². The Morgan fingerprint density at radius 3 is 1.89 bits per heavy atom. The van der Waals surface area contributed by atoms with Crippen molar-refractivity contribution in [3.8, 4) is 0 Å². The van der Waals surface area contributed by atoms with Crippen molar-refractivity contribution in [1.29, 1.82) is 0 Å². The van der Waals surface area contributed by atoms with Gasteiger partial charge in [0.15, 0.2) is 0 Å². The average Bonchev–Trinajstić information content (AvgIpc) is 1.65. The maximum absolute atomic E-state index is 9.76. The summed E-state index contributed by atoms with van der Waals surface area (Å²) in [4.78, 5) is 9.76. The molecule has 6 heteroatoms. The summed E-state index contributed by atoms with van der Waals surface area (Å²) in [5, 5.41) is 32.5. The molecular formula is C3H7NO5. The molecule has 0 fully saturated rings. The summed E-state index contributed by atoms with van der Waals surface area (Å²) < 4.78 is 0. The minimum absolute atomic E-state index is 0.227. The minimum Gasteiger partial charge on any atom is -0.476 e. The summed E-state index contributed by atoms with van der Waals surface area (Å²) in [6, 6.07) is 0. The van der Waals surface area contributed by atoms with Gasteiger partial charge in [0.1, 0.15) is 0 Å². The van der Waals surface area contributed by atoms with Crippen LogP contribution in [0.2, 0.25) is 0 Å². The highest BCUT2D eigenvalue weighted by atomic mass is 16.7. The van der Waals surface area contributed by atoms with Crippen molar-refractivity contribution in [2.75, 3.05) is 7.05 Å². The molecule has 0 aromatic heterocycles. The largest absolute Gasteiger partial charge is 0.476 e. The molecule has 0 spiro atoms. The Morgan fingerprint density at radius 1 is 1.56 bits per heavy atom. The van der Waals surface area contributed by atoms with Crippen LogP contribution >= 0.6 is 0 Å². The van der Waals surface area contributed by atoms with E-state index in [1.54, 1.807) is 0 Å². The molecule has 0 unspecified atom stereocenters. The second kappa shape index (κ2) is 2.28. The first kappa shape index (κ1) is 8.31. The fourth-order valence-electron chi connectivity index (χ4n) is 0.138. The van der Waals surface area contributed by atoms with Gasteiger partial charge in [-0.25, -0.2) is 4.79 Å². The Morgan fingerprint density at radius 2 is 1.89 bits per heavy atom. The molecule has 54 valence electrons. The first-order chi connectivity index (χ1) is 3.89. The van der Waals surface area contributed by atoms with Crippen LogP contribution in [0.1, 0.15) is 0 Å². The Kier molecular flexibility index (Phi) is 2.10. The molecule has 0 amide bonds. The molecular weight excluding hydrogens is 130 g/mol. The number of hydroxylamine groups is 2. The number of likely N-dealkylation sites (N-methyl/N-ethyl adjacent to an activating group) is 1. The van der Waals surface area contributed by atoms with Gasteiger partial charge in [0.25, 0.3) is 0 Å². The predicted molar refractivity (Wildman–Crippen MR) is 24.4 cm³/mol. The molecule has 0 aliphatic carbocycles. The summed E-state index contributed by atoms with van der Waals surface area (Å²) in [5.41, 5.74) is 0. The quantitative estimate of drug-likeness (QED) is 0.260. The van der Waals surface area contributed by atoms with E-state index in [0.29, 0.717) is 0 Å². The highest BCUT2D eigenvalue weighted by Crippen LogP contribution is 2.00. The summed E-state index contributed by atoms with van der Waals surface area (Å²) in [6.07, 6.45) is 0. The van der Waals surface area contributed by atoms with Gasteiger partial charge in [0, 0.05) is 7.05 Å². The molecule has 0 aromatic rings. The molecule has 0 saturated carbocycles. The van der Waals surface area contributed by atoms with Crippen LogP contribution in [0, 0.1) is 0 Å². The highest BCUT2D eigenvalue weighted by Gasteiger charge is 2.37. The summed E-state index contributed by atoms with van der Waals surface area (Å²) in [5.74, 6) is -5.13. The molecule has 0 atom stereocenters. The Bertz CT molecular complexity index is 119. The normalized spacial score (nSPS) is 12.1. The van der Waals surface area contributed by atoms with E-state index in [9.17, 15) is 4.79 Å². The number of aliphatic hydroxyl groups is 2. The van der Waals surface area contributed by atoms with Crippen LogP contribution < -0.4 is 0 Å². The van der Waals surface area contributed by atoms with Gasteiger partial charge in [-0.05, 0) is 0 Å². The third-order valence-electron chi connectivity index (χ3n) is 0.738. The molecule has 0 aromatic carbocycles. The van der Waals surface area contributed by atoms with Gasteiger partial charge >= 0.3 is 11.9 Å². The lowest BCUT2D eigenvalue weighted by Crippen LogP contribution is -2.51. The lowest BCUT2D eigenvalue weighted by atomic mass is 10.5. The summed E-state index contributed by atoms with van der Waals surface area (Å²) in [6.45, 7) is 0. The van der Waals surface area contributed by atoms with Gasteiger partial charge < -0.3 is 20.5 Å². The molecule has 0 heterocycles. The Balaban J connectivity index is 4.19. The fourth-order valence-corrected chi connectivity index (χ4v) is 0.138. The topological polar surface area (TPSA) is 101 Å². The van der Waals surface area contributed by atoms with Crippen LogP contribution in [0.4, 0.5) is 0 Å². The fraction of sp³-hybridized carbons (Fsp3) is 0.667. The van der Waals surface area contributed by atoms with Gasteiger partial charge in [0.2, 0.25) is 0 Å². The smallest absolute Gasteiger partial charge is 0.383 e. The number of nitrogens with zero attached hydrogens (tertiary/aromatic N) is 1. The molecule has 0 radical (unpaired) electrons. The highest BCUT2D eigenvalue weighted by molar-refractivity contribution is 5.73. The van der Waals surface area contributed by atoms with Crippen molar-refractivity contribution in [2.24, 2.45) is 0 Å². The van der Waals surface area contributed by atoms with E-state index >= 15 is 0 Å². The molecule has 0 bridgehead atoms. The minimum atomic E-state index is -3.19. The van der Waals surface area contributed by atoms with Crippen LogP contribution in [0.15, 0.2) is 0 Å². The lowest BCUT2D eigenvalue weighted by molar-refractivity contribution is -0.336. The Labute approximate surface area is 50.5 Å². The maximum atomic E-state index is 9.76. The van der Waals surface area contributed by atoms with E-state index in [2.05, 4.69) is 0 Å². The van der Waals surface area contributed by atoms with Crippen LogP contribution in [-0.4, -0.2) is 44.5 Å². The van der Waals surface area contributed by atoms with Crippen LogP contribution in [0.25, 0.3) is 0 Å². The zero-order valence-corrected chi connectivity index (χ0v) is 4.64. The van der Waals surface area contributed by atoms with Crippen molar-refractivity contribution >= 4 is 5.97 Å². The second-order valence-corrected chi connectivity index (χ2v) is 1.46. The zero-order valence-electron chi connectivity index (χ0n) is 4.64. The number of hydrogen-bond acceptors (Lipinski definition) is 5. The number of aliphatic carboxylic acids is 1. The van der Waals surface area contributed by atoms with Crippen LogP contribution in [-0.2, 0) is 4.79 Å². The van der Waals surface area contributed by atoms with Gasteiger partial charge in [-0.15, -0.1) is 5.06 Å². The van der Waals surface area contributed by atoms with Crippen molar-refractivity contribution in [3.63, 3.8) is 0 Å². The number of carbonyl (C=O) groups is 1. The molecule has 6 nitrogen and oxygen atoms in total. The summed E-state index contributed by atoms with van der Waals surface area (Å²) in [7, 11) is 0.800. The van der Waals surface area contributed by atoms with Crippen LogP contribution in [0.5, 0.6) is 0 Å². The van der Waals surface area contributed by atoms with Crippen molar-refractivity contribution < 1.29 is 25.3 Å². The SMILES string of the molecule is CN(O)C(O)(O)C(=O)O. The lowest BCUT2D eigenvalue weighted by Gasteiger charge is -2.20. The van der Waals surface area contributed by atoms with Gasteiger partial charge in [-0.2, -0.15) is 0 Å². The van der Waals surface area contributed by atoms with Crippen LogP contribution in [0.3, 0.4) is 0 Å². The third kappa shape index (κ3) is 1.61. The van der Waals surface area contributed by atoms with E-state index < -0.39 is 11.9 Å². The van der Waals surface area contributed by atoms with Gasteiger partial charge in [0.05, 0.1) is 0 Å². The number of hydrogen-bond donors (Lipinski definition) is 4. The molecule has 4 N–H and O–H groups in total. The average molecular weight is 137 g/mol. The van der Waals surface area contributed by atoms with Crippen molar-refractivity contribution in [1.82, 2.24) is 5.06 Å². The number of carboxylic acids is 1. The number of carboxylic acid groups (broad SMARTS) is 1. The molecule has 0 aliphatic heterocycles. The van der Waals surface area contributed by atoms with Crippen molar-refractivity contribution in [3.05, 3.63) is 0 Å². The van der Waals surface area contributed by atoms with E-state index in [-0.39, 0.29) is 5.06 Å². The number of rotatable bonds is 2. The Hall–Kier alpha value is -0.690. The van der Waals surface area contributed by atoms with E-state index in [0.717, 1.165) is 7.05 Å². The van der Waals surface area contributed by atoms with Gasteiger partial charge in [-0.1, -0.05) is 0 Å². The van der Waals surface area contributed by atoms with Gasteiger partial charge in [-0.3, -0.25) is 0 Å². The van der Waals surface area contributed by atoms with E-state index in [1.807, 2.05) is 0 Å².